The van der Waals surface area contributed by atoms with Crippen LogP contribution in [0.2, 0.25) is 0 Å². The molecule has 0 saturated carbocycles. The monoisotopic (exact) mass is 342 g/mol. The maximum Gasteiger partial charge on any atom is 0.0472 e. The lowest BCUT2D eigenvalue weighted by molar-refractivity contribution is 0.385. The molecule has 2 nitrogen and oxygen atoms in total. The molecule has 0 aliphatic rings. The summed E-state index contributed by atoms with van der Waals surface area (Å²) in [5.41, 5.74) is 0. The summed E-state index contributed by atoms with van der Waals surface area (Å²) >= 11 is 4.24. The van der Waals surface area contributed by atoms with Crippen LogP contribution in [0.5, 0.6) is 0 Å². The summed E-state index contributed by atoms with van der Waals surface area (Å²) in [4.78, 5) is 2.07. The van der Waals surface area contributed by atoms with E-state index < -0.39 is 0 Å². The molecule has 0 unspecified atom stereocenters. The number of hydrogen-bond donors (Lipinski definition) is 1. The summed E-state index contributed by atoms with van der Waals surface area (Å²) in [6.07, 6.45) is 0. The Bertz CT molecular complexity index is 33.2. The SMILES string of the molecule is CNCN(C)C.II. The van der Waals surface area contributed by atoms with Crippen molar-refractivity contribution in [2.75, 3.05) is 27.8 Å². The minimum Gasteiger partial charge on any atom is -0.307 e. The summed E-state index contributed by atoms with van der Waals surface area (Å²) in [6.45, 7) is 0.958. The summed E-state index contributed by atoms with van der Waals surface area (Å²) < 4.78 is 0. The van der Waals surface area contributed by atoms with Crippen LogP contribution in [-0.4, -0.2) is 32.7 Å². The van der Waals surface area contributed by atoms with E-state index in [1.165, 1.54) is 0 Å². The zero-order valence-corrected chi connectivity index (χ0v) is 9.73. The number of rotatable bonds is 2. The van der Waals surface area contributed by atoms with Crippen molar-refractivity contribution in [1.29, 1.82) is 0 Å². The van der Waals surface area contributed by atoms with Crippen LogP contribution in [0.3, 0.4) is 0 Å². The second-order valence-corrected chi connectivity index (χ2v) is 1.59. The van der Waals surface area contributed by atoms with Gasteiger partial charge in [-0.15, -0.1) is 0 Å². The van der Waals surface area contributed by atoms with Gasteiger partial charge in [-0.05, 0) is 21.1 Å². The van der Waals surface area contributed by atoms with E-state index in [9.17, 15) is 0 Å². The van der Waals surface area contributed by atoms with Gasteiger partial charge in [-0.25, -0.2) is 0 Å². The molecule has 0 bridgehead atoms. The van der Waals surface area contributed by atoms with Crippen LogP contribution in [0.4, 0.5) is 0 Å². The van der Waals surface area contributed by atoms with Crippen LogP contribution in [-0.2, 0) is 0 Å². The molecule has 0 saturated heterocycles. The first-order valence-electron chi connectivity index (χ1n) is 2.21. The largest absolute Gasteiger partial charge is 0.307 e. The molecule has 0 fully saturated rings. The Morgan fingerprint density at radius 2 is 1.75 bits per heavy atom. The highest BCUT2D eigenvalue weighted by molar-refractivity contribution is 15.0. The van der Waals surface area contributed by atoms with Gasteiger partial charge in [0, 0.05) is 43.9 Å². The summed E-state index contributed by atoms with van der Waals surface area (Å²) in [5.74, 6) is 0. The second-order valence-electron chi connectivity index (χ2n) is 1.59. The summed E-state index contributed by atoms with van der Waals surface area (Å²) in [6, 6.07) is 0. The Labute approximate surface area is 74.7 Å². The smallest absolute Gasteiger partial charge is 0.0472 e. The zero-order chi connectivity index (χ0) is 6.99. The fourth-order valence-electron chi connectivity index (χ4n) is 0.316. The van der Waals surface area contributed by atoms with Gasteiger partial charge in [0.1, 0.15) is 0 Å². The molecular weight excluding hydrogens is 330 g/mol. The molecule has 0 aliphatic carbocycles. The van der Waals surface area contributed by atoms with E-state index in [0.717, 1.165) is 6.67 Å². The quantitative estimate of drug-likeness (QED) is 0.605. The Morgan fingerprint density at radius 3 is 1.75 bits per heavy atom. The second kappa shape index (κ2) is 11.2. The molecule has 0 aromatic heterocycles. The highest BCUT2D eigenvalue weighted by Gasteiger charge is 1.77. The van der Waals surface area contributed by atoms with Gasteiger partial charge in [0.2, 0.25) is 0 Å². The Balaban J connectivity index is 0. The molecule has 52 valence electrons. The molecule has 0 radical (unpaired) electrons. The lowest BCUT2D eigenvalue weighted by Gasteiger charge is -2.05. The lowest BCUT2D eigenvalue weighted by atomic mass is 10.9. The van der Waals surface area contributed by atoms with Gasteiger partial charge in [0.25, 0.3) is 0 Å². The molecule has 1 N–H and O–H groups in total. The zero-order valence-electron chi connectivity index (χ0n) is 5.41. The fourth-order valence-corrected chi connectivity index (χ4v) is 0.316. The average Bonchev–Trinajstić information content (AvgIpc) is 1.72. The lowest BCUT2D eigenvalue weighted by Crippen LogP contribution is -2.24. The number of hydrogen-bond acceptors (Lipinski definition) is 2. The van der Waals surface area contributed by atoms with Crippen molar-refractivity contribution in [2.24, 2.45) is 0 Å². The maximum absolute atomic E-state index is 2.99. The summed E-state index contributed by atoms with van der Waals surface area (Å²) in [5, 5.41) is 2.99. The van der Waals surface area contributed by atoms with Crippen molar-refractivity contribution in [1.82, 2.24) is 10.2 Å². The molecule has 0 amide bonds. The van der Waals surface area contributed by atoms with Crippen molar-refractivity contribution >= 4 is 37.2 Å². The molecule has 8 heavy (non-hydrogen) atoms. The molecule has 4 heteroatoms. The molecule has 0 rings (SSSR count). The van der Waals surface area contributed by atoms with Gasteiger partial charge in [0.05, 0.1) is 0 Å². The van der Waals surface area contributed by atoms with Crippen molar-refractivity contribution in [3.05, 3.63) is 0 Å². The molecule has 0 atom stereocenters. The third kappa shape index (κ3) is 15.7. The Kier molecular flexibility index (Phi) is 17.0. The highest BCUT2D eigenvalue weighted by Crippen LogP contribution is 1.89. The molecule has 0 heterocycles. The van der Waals surface area contributed by atoms with Crippen molar-refractivity contribution < 1.29 is 0 Å². The first kappa shape index (κ1) is 12.1. The van der Waals surface area contributed by atoms with Crippen LogP contribution in [0, 0.1) is 0 Å². The van der Waals surface area contributed by atoms with E-state index in [4.69, 9.17) is 0 Å². The minimum absolute atomic E-state index is 0.958. The van der Waals surface area contributed by atoms with E-state index in [1.54, 1.807) is 0 Å². The van der Waals surface area contributed by atoms with E-state index >= 15 is 0 Å². The molecule has 0 spiro atoms. The first-order valence-corrected chi connectivity index (χ1v) is 8.49. The topological polar surface area (TPSA) is 15.3 Å². The van der Waals surface area contributed by atoms with E-state index in [0.29, 0.717) is 0 Å². The van der Waals surface area contributed by atoms with Gasteiger partial charge in [-0.1, -0.05) is 0 Å². The predicted octanol–water partition coefficient (Wildman–Crippen LogP) is 1.50. The van der Waals surface area contributed by atoms with Gasteiger partial charge in [0.15, 0.2) is 0 Å². The van der Waals surface area contributed by atoms with Gasteiger partial charge in [-0.2, -0.15) is 0 Å². The van der Waals surface area contributed by atoms with Gasteiger partial charge >= 0.3 is 0 Å². The Hall–Kier alpha value is 1.38. The molecule has 0 aromatic rings. The first-order chi connectivity index (χ1) is 3.77. The van der Waals surface area contributed by atoms with E-state index in [1.807, 2.05) is 21.1 Å². The summed E-state index contributed by atoms with van der Waals surface area (Å²) in [7, 11) is 5.98. The van der Waals surface area contributed by atoms with E-state index in [-0.39, 0.29) is 0 Å². The maximum atomic E-state index is 2.99. The fraction of sp³-hybridized carbons (Fsp3) is 1.00. The van der Waals surface area contributed by atoms with Crippen LogP contribution in [0.25, 0.3) is 0 Å². The molecule has 0 aromatic carbocycles. The molecular formula is C4H12I2N2. The van der Waals surface area contributed by atoms with Crippen molar-refractivity contribution in [3.63, 3.8) is 0 Å². The average molecular weight is 342 g/mol. The standard InChI is InChI=1S/C4H12N2.I2/c1-5-4-6(2)3;1-2/h5H,4H2,1-3H3;. The van der Waals surface area contributed by atoms with Crippen molar-refractivity contribution in [3.8, 4) is 0 Å². The van der Waals surface area contributed by atoms with Crippen LogP contribution in [0.1, 0.15) is 0 Å². The van der Waals surface area contributed by atoms with Gasteiger partial charge in [-0.3, -0.25) is 4.90 Å². The minimum atomic E-state index is 0.958. The molecule has 0 aliphatic heterocycles. The van der Waals surface area contributed by atoms with Crippen LogP contribution >= 0.6 is 37.2 Å². The van der Waals surface area contributed by atoms with Crippen molar-refractivity contribution in [2.45, 2.75) is 0 Å². The van der Waals surface area contributed by atoms with E-state index in [2.05, 4.69) is 47.4 Å². The third-order valence-electron chi connectivity index (χ3n) is 0.474. The van der Waals surface area contributed by atoms with Crippen LogP contribution in [0.15, 0.2) is 0 Å². The number of nitrogens with one attached hydrogen (secondary N) is 1. The predicted molar refractivity (Wildman–Crippen MR) is 55.7 cm³/mol. The number of halogens is 2. The highest BCUT2D eigenvalue weighted by atomic mass is 128. The Morgan fingerprint density at radius 1 is 1.38 bits per heavy atom. The number of nitrogens with zero attached hydrogens (tertiary/aromatic N) is 1. The van der Waals surface area contributed by atoms with Crippen LogP contribution < -0.4 is 5.32 Å². The normalized spacial score (nSPS) is 8.25. The third-order valence-corrected chi connectivity index (χ3v) is 0.474. The van der Waals surface area contributed by atoms with Gasteiger partial charge < -0.3 is 5.32 Å².